The first kappa shape index (κ1) is 20.6. The average molecular weight is 358 g/mol. The first-order valence-corrected chi connectivity index (χ1v) is 8.95. The van der Waals surface area contributed by atoms with Gasteiger partial charge in [0.2, 0.25) is 0 Å². The molecule has 2 rings (SSSR count). The third kappa shape index (κ3) is 6.54. The number of benzene rings is 2. The summed E-state index contributed by atoms with van der Waals surface area (Å²) in [6.07, 6.45) is 0. The Labute approximate surface area is 156 Å². The van der Waals surface area contributed by atoms with Gasteiger partial charge in [0.15, 0.2) is 0 Å². The molecule has 0 saturated carbocycles. The molecule has 26 heavy (non-hydrogen) atoms. The molecule has 0 radical (unpaired) electrons. The Bertz CT molecular complexity index is 634. The molecule has 0 heterocycles. The molecule has 0 fully saturated rings. The van der Waals surface area contributed by atoms with E-state index in [4.69, 9.17) is 9.47 Å². The summed E-state index contributed by atoms with van der Waals surface area (Å²) < 4.78 is 11.3. The first-order valence-electron chi connectivity index (χ1n) is 8.95. The van der Waals surface area contributed by atoms with E-state index in [1.54, 1.807) is 27.7 Å². The highest BCUT2D eigenvalue weighted by Gasteiger charge is 2.16. The quantitative estimate of drug-likeness (QED) is 0.668. The summed E-state index contributed by atoms with van der Waals surface area (Å²) in [5, 5.41) is 20.1. The zero-order chi connectivity index (χ0) is 19.2. The van der Waals surface area contributed by atoms with Gasteiger partial charge in [-0.3, -0.25) is 0 Å². The van der Waals surface area contributed by atoms with Gasteiger partial charge in [0.1, 0.15) is 0 Å². The predicted molar refractivity (Wildman–Crippen MR) is 103 cm³/mol. The van der Waals surface area contributed by atoms with E-state index in [2.05, 4.69) is 0 Å². The molecule has 0 bridgehead atoms. The van der Waals surface area contributed by atoms with E-state index < -0.39 is 11.2 Å². The van der Waals surface area contributed by atoms with Crippen LogP contribution in [0.2, 0.25) is 0 Å². The average Bonchev–Trinajstić information content (AvgIpc) is 2.57. The van der Waals surface area contributed by atoms with E-state index >= 15 is 0 Å². The Morgan fingerprint density at radius 1 is 0.692 bits per heavy atom. The van der Waals surface area contributed by atoms with Crippen LogP contribution in [0.25, 0.3) is 0 Å². The predicted octanol–water partition coefficient (Wildman–Crippen LogP) is 3.87. The van der Waals surface area contributed by atoms with Gasteiger partial charge in [-0.05, 0) is 49.9 Å². The van der Waals surface area contributed by atoms with Crippen LogP contribution < -0.4 is 0 Å². The van der Waals surface area contributed by atoms with Crippen molar-refractivity contribution in [1.82, 2.24) is 0 Å². The van der Waals surface area contributed by atoms with E-state index in [0.29, 0.717) is 26.4 Å². The molecule has 0 aromatic heterocycles. The minimum Gasteiger partial charge on any atom is -0.386 e. The summed E-state index contributed by atoms with van der Waals surface area (Å²) in [6.45, 7) is 9.06. The lowest BCUT2D eigenvalue weighted by Crippen LogP contribution is -2.16. The maximum atomic E-state index is 10.1. The van der Waals surface area contributed by atoms with Crippen LogP contribution in [0.5, 0.6) is 0 Å². The fourth-order valence-electron chi connectivity index (χ4n) is 2.58. The maximum Gasteiger partial charge on any atom is 0.0840 e. The molecule has 0 aliphatic rings. The Morgan fingerprint density at radius 3 is 1.42 bits per heavy atom. The number of hydrogen-bond donors (Lipinski definition) is 2. The number of rotatable bonds is 9. The van der Waals surface area contributed by atoms with Crippen LogP contribution in [0.1, 0.15) is 49.9 Å². The zero-order valence-corrected chi connectivity index (χ0v) is 16.2. The lowest BCUT2D eigenvalue weighted by atomic mass is 9.97. The van der Waals surface area contributed by atoms with Crippen LogP contribution in [0.3, 0.4) is 0 Å². The van der Waals surface area contributed by atoms with Gasteiger partial charge in [-0.1, -0.05) is 48.5 Å². The highest BCUT2D eigenvalue weighted by molar-refractivity contribution is 5.27. The molecule has 2 N–H and O–H groups in total. The van der Waals surface area contributed by atoms with Crippen molar-refractivity contribution in [2.24, 2.45) is 0 Å². The highest BCUT2D eigenvalue weighted by atomic mass is 16.5. The Morgan fingerprint density at radius 2 is 1.08 bits per heavy atom. The second-order valence-corrected chi connectivity index (χ2v) is 7.62. The van der Waals surface area contributed by atoms with Crippen molar-refractivity contribution in [3.63, 3.8) is 0 Å². The van der Waals surface area contributed by atoms with Crippen LogP contribution in [0.15, 0.2) is 48.5 Å². The van der Waals surface area contributed by atoms with Crippen molar-refractivity contribution >= 4 is 0 Å². The van der Waals surface area contributed by atoms with Crippen LogP contribution in [-0.4, -0.2) is 23.4 Å². The minimum atomic E-state index is -0.850. The third-order valence-electron chi connectivity index (χ3n) is 4.18. The van der Waals surface area contributed by atoms with Crippen LogP contribution >= 0.6 is 0 Å². The fraction of sp³-hybridized carbons (Fsp3) is 0.455. The molecule has 0 saturated heterocycles. The van der Waals surface area contributed by atoms with Gasteiger partial charge in [-0.25, -0.2) is 0 Å². The molecule has 2 aromatic rings. The molecule has 4 nitrogen and oxygen atoms in total. The SMILES string of the molecule is CC(C)(O)c1cccc(COCCOCc2cccc(C(C)(C)O)c2)c1. The molecule has 142 valence electrons. The van der Waals surface area contributed by atoms with E-state index in [1.807, 2.05) is 48.5 Å². The Kier molecular flexibility index (Phi) is 6.95. The topological polar surface area (TPSA) is 58.9 Å². The van der Waals surface area contributed by atoms with Gasteiger partial charge in [-0.15, -0.1) is 0 Å². The lowest BCUT2D eigenvalue weighted by Gasteiger charge is -2.18. The third-order valence-corrected chi connectivity index (χ3v) is 4.18. The van der Waals surface area contributed by atoms with Crippen molar-refractivity contribution in [3.8, 4) is 0 Å². The number of ether oxygens (including phenoxy) is 2. The molecule has 4 heteroatoms. The summed E-state index contributed by atoms with van der Waals surface area (Å²) in [5.41, 5.74) is 2.11. The maximum absolute atomic E-state index is 10.1. The van der Waals surface area contributed by atoms with Crippen molar-refractivity contribution in [2.45, 2.75) is 52.1 Å². The minimum absolute atomic E-state index is 0.488. The molecule has 2 aromatic carbocycles. The normalized spacial score (nSPS) is 12.4. The summed E-state index contributed by atoms with van der Waals surface area (Å²) in [7, 11) is 0. The van der Waals surface area contributed by atoms with Gasteiger partial charge in [0, 0.05) is 0 Å². The van der Waals surface area contributed by atoms with Gasteiger partial charge in [0.05, 0.1) is 37.6 Å². The number of aliphatic hydroxyl groups is 2. The van der Waals surface area contributed by atoms with E-state index in [0.717, 1.165) is 22.3 Å². The summed E-state index contributed by atoms with van der Waals surface area (Å²) in [6, 6.07) is 15.6. The van der Waals surface area contributed by atoms with Crippen molar-refractivity contribution in [1.29, 1.82) is 0 Å². The van der Waals surface area contributed by atoms with Crippen LogP contribution in [0, 0.1) is 0 Å². The van der Waals surface area contributed by atoms with Crippen molar-refractivity contribution in [2.75, 3.05) is 13.2 Å². The van der Waals surface area contributed by atoms with E-state index in [-0.39, 0.29) is 0 Å². The summed E-state index contributed by atoms with van der Waals surface area (Å²) in [5.74, 6) is 0. The largest absolute Gasteiger partial charge is 0.386 e. The molecule has 0 spiro atoms. The number of hydrogen-bond acceptors (Lipinski definition) is 4. The molecule has 0 aliphatic heterocycles. The van der Waals surface area contributed by atoms with Gasteiger partial charge >= 0.3 is 0 Å². The fourth-order valence-corrected chi connectivity index (χ4v) is 2.58. The molecule has 0 amide bonds. The zero-order valence-electron chi connectivity index (χ0n) is 16.2. The smallest absolute Gasteiger partial charge is 0.0840 e. The molecular formula is C22H30O4. The van der Waals surface area contributed by atoms with Crippen molar-refractivity contribution < 1.29 is 19.7 Å². The Hall–Kier alpha value is -1.72. The lowest BCUT2D eigenvalue weighted by molar-refractivity contribution is 0.0334. The molecule has 0 aliphatic carbocycles. The second kappa shape index (κ2) is 8.78. The highest BCUT2D eigenvalue weighted by Crippen LogP contribution is 2.21. The standard InChI is InChI=1S/C22H30O4/c1-21(2,23)19-9-5-7-17(13-19)15-25-11-12-26-16-18-8-6-10-20(14-18)22(3,4)24/h5-10,13-14,23-24H,11-12,15-16H2,1-4H3. The second-order valence-electron chi connectivity index (χ2n) is 7.62. The monoisotopic (exact) mass is 358 g/mol. The van der Waals surface area contributed by atoms with Crippen molar-refractivity contribution in [3.05, 3.63) is 70.8 Å². The molecular weight excluding hydrogens is 328 g/mol. The van der Waals surface area contributed by atoms with Crippen LogP contribution in [-0.2, 0) is 33.9 Å². The molecule has 0 unspecified atom stereocenters. The van der Waals surface area contributed by atoms with E-state index in [1.165, 1.54) is 0 Å². The van der Waals surface area contributed by atoms with Gasteiger partial charge in [-0.2, -0.15) is 0 Å². The summed E-state index contributed by atoms with van der Waals surface area (Å²) in [4.78, 5) is 0. The van der Waals surface area contributed by atoms with Gasteiger partial charge in [0.25, 0.3) is 0 Å². The van der Waals surface area contributed by atoms with Crippen LogP contribution in [0.4, 0.5) is 0 Å². The first-order chi connectivity index (χ1) is 12.2. The Balaban J connectivity index is 1.72. The van der Waals surface area contributed by atoms with E-state index in [9.17, 15) is 10.2 Å². The molecule has 0 atom stereocenters. The van der Waals surface area contributed by atoms with Gasteiger partial charge < -0.3 is 19.7 Å². The summed E-state index contributed by atoms with van der Waals surface area (Å²) >= 11 is 0.